The third-order valence-corrected chi connectivity index (χ3v) is 3.95. The van der Waals surface area contributed by atoms with Crippen molar-refractivity contribution in [3.8, 4) is 0 Å². The van der Waals surface area contributed by atoms with E-state index in [1.165, 1.54) is 29.4 Å². The van der Waals surface area contributed by atoms with Crippen LogP contribution in [0.3, 0.4) is 0 Å². The first-order valence-corrected chi connectivity index (χ1v) is 8.09. The van der Waals surface area contributed by atoms with E-state index >= 15 is 0 Å². The van der Waals surface area contributed by atoms with Crippen LogP contribution in [0.5, 0.6) is 0 Å². The average molecular weight is 353 g/mol. The van der Waals surface area contributed by atoms with Gasteiger partial charge in [0.2, 0.25) is 0 Å². The number of hydrogen-bond donors (Lipinski definition) is 2. The minimum absolute atomic E-state index is 0.143. The van der Waals surface area contributed by atoms with Crippen LogP contribution < -0.4 is 5.32 Å². The topological polar surface area (TPSA) is 102 Å². The van der Waals surface area contributed by atoms with Crippen molar-refractivity contribution in [3.05, 3.63) is 65.7 Å². The summed E-state index contributed by atoms with van der Waals surface area (Å²) in [7, 11) is 0. The van der Waals surface area contributed by atoms with Gasteiger partial charge in [-0.15, -0.1) is 0 Å². The first kappa shape index (κ1) is 17.4. The third kappa shape index (κ3) is 3.97. The lowest BCUT2D eigenvalue weighted by Gasteiger charge is -2.05. The molecule has 1 amide bonds. The molecule has 1 atom stereocenters. The Morgan fingerprint density at radius 3 is 2.65 bits per heavy atom. The van der Waals surface area contributed by atoms with Gasteiger partial charge in [0.05, 0.1) is 18.4 Å². The van der Waals surface area contributed by atoms with Crippen LogP contribution in [-0.4, -0.2) is 36.5 Å². The SMILES string of the molecule is Cc1ccc(Cn2cc(NC(=O)c3ccn(C(C)C(=O)O)n3)cn2)cc1. The van der Waals surface area contributed by atoms with Crippen LogP contribution in [0.2, 0.25) is 0 Å². The largest absolute Gasteiger partial charge is 0.480 e. The van der Waals surface area contributed by atoms with E-state index in [1.54, 1.807) is 17.1 Å². The maximum atomic E-state index is 12.3. The van der Waals surface area contributed by atoms with Gasteiger partial charge in [-0.1, -0.05) is 29.8 Å². The van der Waals surface area contributed by atoms with Gasteiger partial charge in [0, 0.05) is 12.4 Å². The maximum Gasteiger partial charge on any atom is 0.328 e. The van der Waals surface area contributed by atoms with Gasteiger partial charge in [-0.3, -0.25) is 14.2 Å². The zero-order chi connectivity index (χ0) is 18.7. The number of aliphatic carboxylic acids is 1. The number of anilines is 1. The fraction of sp³-hybridized carbons (Fsp3) is 0.222. The second kappa shape index (κ2) is 7.22. The zero-order valence-corrected chi connectivity index (χ0v) is 14.5. The molecule has 0 bridgehead atoms. The molecule has 0 fully saturated rings. The Morgan fingerprint density at radius 1 is 1.23 bits per heavy atom. The number of aromatic nitrogens is 4. The lowest BCUT2D eigenvalue weighted by Crippen LogP contribution is -2.18. The van der Waals surface area contributed by atoms with Crippen molar-refractivity contribution in [3.63, 3.8) is 0 Å². The molecule has 0 saturated heterocycles. The molecule has 2 heterocycles. The molecule has 1 aromatic carbocycles. The van der Waals surface area contributed by atoms with E-state index in [9.17, 15) is 9.59 Å². The van der Waals surface area contributed by atoms with Crippen LogP contribution in [0.4, 0.5) is 5.69 Å². The van der Waals surface area contributed by atoms with Crippen molar-refractivity contribution in [2.24, 2.45) is 0 Å². The van der Waals surface area contributed by atoms with Crippen molar-refractivity contribution in [2.75, 3.05) is 5.32 Å². The maximum absolute atomic E-state index is 12.3. The molecule has 0 radical (unpaired) electrons. The molecule has 3 rings (SSSR count). The molecule has 0 aliphatic heterocycles. The van der Waals surface area contributed by atoms with Crippen LogP contribution in [0.1, 0.15) is 34.6 Å². The van der Waals surface area contributed by atoms with Crippen LogP contribution in [0.25, 0.3) is 0 Å². The van der Waals surface area contributed by atoms with Gasteiger partial charge in [-0.05, 0) is 25.5 Å². The summed E-state index contributed by atoms with van der Waals surface area (Å²) in [6, 6.07) is 8.78. The smallest absolute Gasteiger partial charge is 0.328 e. The van der Waals surface area contributed by atoms with E-state index in [1.807, 2.05) is 31.2 Å². The first-order chi connectivity index (χ1) is 12.4. The van der Waals surface area contributed by atoms with Crippen LogP contribution in [0.15, 0.2) is 48.9 Å². The van der Waals surface area contributed by atoms with Gasteiger partial charge in [0.25, 0.3) is 5.91 Å². The number of carboxylic acid groups (broad SMARTS) is 1. The van der Waals surface area contributed by atoms with Crippen LogP contribution in [-0.2, 0) is 11.3 Å². The first-order valence-electron chi connectivity index (χ1n) is 8.09. The number of rotatable bonds is 6. The molecule has 0 spiro atoms. The van der Waals surface area contributed by atoms with E-state index in [0.717, 1.165) is 5.56 Å². The van der Waals surface area contributed by atoms with Crippen molar-refractivity contribution in [2.45, 2.75) is 26.4 Å². The van der Waals surface area contributed by atoms with E-state index in [0.29, 0.717) is 12.2 Å². The average Bonchev–Trinajstić information content (AvgIpc) is 3.26. The summed E-state index contributed by atoms with van der Waals surface area (Å²) < 4.78 is 2.96. The highest BCUT2D eigenvalue weighted by atomic mass is 16.4. The molecule has 0 saturated carbocycles. The van der Waals surface area contributed by atoms with Gasteiger partial charge in [-0.2, -0.15) is 10.2 Å². The number of hydrogen-bond acceptors (Lipinski definition) is 4. The van der Waals surface area contributed by atoms with Gasteiger partial charge in [0.1, 0.15) is 6.04 Å². The molecule has 2 N–H and O–H groups in total. The molecule has 1 unspecified atom stereocenters. The molecule has 0 aliphatic rings. The number of carbonyl (C=O) groups is 2. The fourth-order valence-corrected chi connectivity index (χ4v) is 2.38. The zero-order valence-electron chi connectivity index (χ0n) is 14.5. The Labute approximate surface area is 150 Å². The van der Waals surface area contributed by atoms with E-state index in [4.69, 9.17) is 5.11 Å². The van der Waals surface area contributed by atoms with Gasteiger partial charge >= 0.3 is 5.97 Å². The molecular weight excluding hydrogens is 334 g/mol. The number of benzene rings is 1. The highest BCUT2D eigenvalue weighted by molar-refractivity contribution is 6.02. The van der Waals surface area contributed by atoms with Gasteiger partial charge < -0.3 is 10.4 Å². The minimum Gasteiger partial charge on any atom is -0.480 e. The number of carbonyl (C=O) groups excluding carboxylic acids is 1. The van der Waals surface area contributed by atoms with E-state index < -0.39 is 17.9 Å². The predicted molar refractivity (Wildman–Crippen MR) is 95.0 cm³/mol. The predicted octanol–water partition coefficient (Wildman–Crippen LogP) is 2.33. The van der Waals surface area contributed by atoms with Gasteiger partial charge in [0.15, 0.2) is 5.69 Å². The molecule has 2 aromatic heterocycles. The molecular formula is C18H19N5O3. The van der Waals surface area contributed by atoms with E-state index in [-0.39, 0.29) is 5.69 Å². The highest BCUT2D eigenvalue weighted by Crippen LogP contribution is 2.11. The summed E-state index contributed by atoms with van der Waals surface area (Å²) in [4.78, 5) is 23.2. The highest BCUT2D eigenvalue weighted by Gasteiger charge is 2.17. The van der Waals surface area contributed by atoms with Crippen molar-refractivity contribution >= 4 is 17.6 Å². The number of nitrogens with one attached hydrogen (secondary N) is 1. The molecule has 8 nitrogen and oxygen atoms in total. The van der Waals surface area contributed by atoms with E-state index in [2.05, 4.69) is 15.5 Å². The standard InChI is InChI=1S/C18H19N5O3/c1-12-3-5-14(6-4-12)10-22-11-15(9-19-22)20-17(24)16-7-8-23(21-16)13(2)18(25)26/h3-9,11,13H,10H2,1-2H3,(H,20,24)(H,25,26). The number of nitrogens with zero attached hydrogens (tertiary/aromatic N) is 4. The molecule has 134 valence electrons. The van der Waals surface area contributed by atoms with Crippen LogP contribution in [0, 0.1) is 6.92 Å². The summed E-state index contributed by atoms with van der Waals surface area (Å²) in [5.41, 5.74) is 2.99. The Hall–Kier alpha value is -3.42. The Kier molecular flexibility index (Phi) is 4.83. The summed E-state index contributed by atoms with van der Waals surface area (Å²) in [6.07, 6.45) is 4.76. The monoisotopic (exact) mass is 353 g/mol. The van der Waals surface area contributed by atoms with Gasteiger partial charge in [-0.25, -0.2) is 4.79 Å². The number of amides is 1. The second-order valence-corrected chi connectivity index (χ2v) is 6.06. The Balaban J connectivity index is 1.64. The quantitative estimate of drug-likeness (QED) is 0.708. The summed E-state index contributed by atoms with van der Waals surface area (Å²) in [5, 5.41) is 19.9. The van der Waals surface area contributed by atoms with Crippen molar-refractivity contribution in [1.82, 2.24) is 19.6 Å². The lowest BCUT2D eigenvalue weighted by atomic mass is 10.1. The number of carboxylic acids is 1. The van der Waals surface area contributed by atoms with Crippen LogP contribution >= 0.6 is 0 Å². The fourth-order valence-electron chi connectivity index (χ4n) is 2.38. The Morgan fingerprint density at radius 2 is 1.96 bits per heavy atom. The molecule has 3 aromatic rings. The summed E-state index contributed by atoms with van der Waals surface area (Å²) >= 11 is 0. The number of aryl methyl sites for hydroxylation is 1. The molecule has 0 aliphatic carbocycles. The molecule has 8 heteroatoms. The lowest BCUT2D eigenvalue weighted by molar-refractivity contribution is -0.140. The minimum atomic E-state index is -1.02. The third-order valence-electron chi connectivity index (χ3n) is 3.95. The normalized spacial score (nSPS) is 11.9. The summed E-state index contributed by atoms with van der Waals surface area (Å²) in [6.45, 7) is 4.12. The Bertz CT molecular complexity index is 926. The van der Waals surface area contributed by atoms with Crippen molar-refractivity contribution in [1.29, 1.82) is 0 Å². The second-order valence-electron chi connectivity index (χ2n) is 6.06. The molecule has 26 heavy (non-hydrogen) atoms. The summed E-state index contributed by atoms with van der Waals surface area (Å²) in [5.74, 6) is -1.44. The van der Waals surface area contributed by atoms with Crippen molar-refractivity contribution < 1.29 is 14.7 Å².